The molecule has 23 heavy (non-hydrogen) atoms. The van der Waals surface area contributed by atoms with Crippen molar-refractivity contribution in [1.29, 1.82) is 0 Å². The van der Waals surface area contributed by atoms with Gasteiger partial charge in [0.15, 0.2) is 11.5 Å². The highest BCUT2D eigenvalue weighted by atomic mass is 35.5. The van der Waals surface area contributed by atoms with E-state index in [0.717, 1.165) is 35.1 Å². The highest BCUT2D eigenvalue weighted by molar-refractivity contribution is 6.30. The number of rotatable bonds is 8. The van der Waals surface area contributed by atoms with Crippen LogP contribution in [0.25, 0.3) is 0 Å². The molecule has 0 bridgehead atoms. The lowest BCUT2D eigenvalue weighted by molar-refractivity contribution is 0.284. The maximum absolute atomic E-state index is 5.89. The van der Waals surface area contributed by atoms with Crippen molar-refractivity contribution in [3.63, 3.8) is 0 Å². The highest BCUT2D eigenvalue weighted by Gasteiger charge is 2.07. The Morgan fingerprint density at radius 3 is 2.39 bits per heavy atom. The molecular formula is C19H24ClNO2. The molecule has 0 saturated heterocycles. The number of methoxy groups -OCH3 is 1. The van der Waals surface area contributed by atoms with Gasteiger partial charge in [0.05, 0.1) is 7.11 Å². The van der Waals surface area contributed by atoms with E-state index in [9.17, 15) is 0 Å². The number of hydrogen-bond donors (Lipinski definition) is 1. The maximum Gasteiger partial charge on any atom is 0.161 e. The van der Waals surface area contributed by atoms with E-state index in [1.54, 1.807) is 7.11 Å². The monoisotopic (exact) mass is 333 g/mol. The molecule has 3 nitrogen and oxygen atoms in total. The fourth-order valence-corrected chi connectivity index (χ4v) is 2.25. The van der Waals surface area contributed by atoms with Gasteiger partial charge in [-0.1, -0.05) is 36.7 Å². The fourth-order valence-electron chi connectivity index (χ4n) is 2.12. The van der Waals surface area contributed by atoms with Crippen LogP contribution in [0.2, 0.25) is 5.02 Å². The molecule has 4 heteroatoms. The van der Waals surface area contributed by atoms with Gasteiger partial charge in [0.1, 0.15) is 6.61 Å². The number of nitrogens with one attached hydrogen (secondary N) is 1. The predicted molar refractivity (Wildman–Crippen MR) is 95.4 cm³/mol. The summed E-state index contributed by atoms with van der Waals surface area (Å²) in [5.74, 6) is 1.50. The minimum atomic E-state index is 0.484. The van der Waals surface area contributed by atoms with E-state index >= 15 is 0 Å². The molecule has 124 valence electrons. The molecule has 0 radical (unpaired) electrons. The fraction of sp³-hybridized carbons (Fsp3) is 0.368. The first-order chi connectivity index (χ1) is 11.1. The van der Waals surface area contributed by atoms with Gasteiger partial charge in [-0.3, -0.25) is 0 Å². The lowest BCUT2D eigenvalue weighted by Crippen LogP contribution is -2.24. The molecule has 1 atom stereocenters. The second-order valence-corrected chi connectivity index (χ2v) is 6.03. The van der Waals surface area contributed by atoms with Crippen LogP contribution in [-0.2, 0) is 13.2 Å². The van der Waals surface area contributed by atoms with E-state index in [-0.39, 0.29) is 0 Å². The van der Waals surface area contributed by atoms with Gasteiger partial charge in [-0.2, -0.15) is 0 Å². The van der Waals surface area contributed by atoms with Crippen molar-refractivity contribution in [2.45, 2.75) is 39.5 Å². The number of benzene rings is 2. The number of hydrogen-bond acceptors (Lipinski definition) is 3. The Labute approximate surface area is 143 Å². The summed E-state index contributed by atoms with van der Waals surface area (Å²) >= 11 is 5.89. The topological polar surface area (TPSA) is 30.5 Å². The first-order valence-electron chi connectivity index (χ1n) is 7.90. The second-order valence-electron chi connectivity index (χ2n) is 5.59. The van der Waals surface area contributed by atoms with Crippen LogP contribution in [0.4, 0.5) is 0 Å². The summed E-state index contributed by atoms with van der Waals surface area (Å²) < 4.78 is 11.3. The van der Waals surface area contributed by atoms with Gasteiger partial charge in [-0.25, -0.2) is 0 Å². The molecule has 0 aromatic heterocycles. The Morgan fingerprint density at radius 2 is 1.74 bits per heavy atom. The van der Waals surface area contributed by atoms with E-state index in [1.165, 1.54) is 5.56 Å². The largest absolute Gasteiger partial charge is 0.493 e. The van der Waals surface area contributed by atoms with Crippen LogP contribution < -0.4 is 14.8 Å². The van der Waals surface area contributed by atoms with Gasteiger partial charge < -0.3 is 14.8 Å². The lowest BCUT2D eigenvalue weighted by Gasteiger charge is -2.14. The molecule has 0 aliphatic heterocycles. The Hall–Kier alpha value is -1.71. The average Bonchev–Trinajstić information content (AvgIpc) is 2.59. The zero-order chi connectivity index (χ0) is 16.7. The molecule has 0 saturated carbocycles. The molecule has 2 rings (SSSR count). The minimum absolute atomic E-state index is 0.484. The van der Waals surface area contributed by atoms with Crippen molar-refractivity contribution in [1.82, 2.24) is 5.32 Å². The summed E-state index contributed by atoms with van der Waals surface area (Å²) in [7, 11) is 1.66. The van der Waals surface area contributed by atoms with Crippen molar-refractivity contribution in [2.24, 2.45) is 0 Å². The van der Waals surface area contributed by atoms with E-state index in [2.05, 4.69) is 25.2 Å². The summed E-state index contributed by atoms with van der Waals surface area (Å²) in [5, 5.41) is 4.20. The Balaban J connectivity index is 1.99. The Bertz CT molecular complexity index is 613. The Morgan fingerprint density at radius 1 is 1.04 bits per heavy atom. The van der Waals surface area contributed by atoms with E-state index in [0.29, 0.717) is 12.6 Å². The summed E-state index contributed by atoms with van der Waals surface area (Å²) in [6.45, 7) is 5.66. The van der Waals surface area contributed by atoms with Gasteiger partial charge in [-0.15, -0.1) is 0 Å². The third-order valence-corrected chi connectivity index (χ3v) is 4.05. The molecule has 0 fully saturated rings. The molecule has 0 aliphatic carbocycles. The number of ether oxygens (including phenoxy) is 2. The molecular weight excluding hydrogens is 310 g/mol. The van der Waals surface area contributed by atoms with Crippen LogP contribution in [0, 0.1) is 0 Å². The summed E-state index contributed by atoms with van der Waals surface area (Å²) in [5.41, 5.74) is 2.25. The van der Waals surface area contributed by atoms with Gasteiger partial charge in [0, 0.05) is 17.6 Å². The molecule has 0 spiro atoms. The van der Waals surface area contributed by atoms with E-state index in [4.69, 9.17) is 21.1 Å². The van der Waals surface area contributed by atoms with Crippen LogP contribution in [0.3, 0.4) is 0 Å². The van der Waals surface area contributed by atoms with Crippen molar-refractivity contribution in [3.05, 3.63) is 58.6 Å². The van der Waals surface area contributed by atoms with Gasteiger partial charge in [0.25, 0.3) is 0 Å². The molecule has 2 aromatic carbocycles. The zero-order valence-corrected chi connectivity index (χ0v) is 14.7. The third-order valence-electron chi connectivity index (χ3n) is 3.80. The molecule has 2 aromatic rings. The van der Waals surface area contributed by atoms with Crippen LogP contribution in [0.5, 0.6) is 11.5 Å². The molecule has 0 amide bonds. The maximum atomic E-state index is 5.89. The summed E-state index contributed by atoms with van der Waals surface area (Å²) in [6.07, 6.45) is 1.11. The normalized spacial score (nSPS) is 12.0. The van der Waals surface area contributed by atoms with Crippen LogP contribution in [0.15, 0.2) is 42.5 Å². The smallest absolute Gasteiger partial charge is 0.161 e. The van der Waals surface area contributed by atoms with Crippen LogP contribution in [-0.4, -0.2) is 13.2 Å². The Kier molecular flexibility index (Phi) is 6.75. The van der Waals surface area contributed by atoms with Crippen LogP contribution >= 0.6 is 11.6 Å². The molecule has 0 heterocycles. The molecule has 1 N–H and O–H groups in total. The zero-order valence-electron chi connectivity index (χ0n) is 13.9. The van der Waals surface area contributed by atoms with Gasteiger partial charge in [-0.05, 0) is 48.7 Å². The first-order valence-corrected chi connectivity index (χ1v) is 8.27. The van der Waals surface area contributed by atoms with Crippen molar-refractivity contribution >= 4 is 11.6 Å². The molecule has 1 unspecified atom stereocenters. The SMILES string of the molecule is CCC(C)NCc1ccc(OCc2ccc(Cl)cc2)c(OC)c1. The standard InChI is InChI=1S/C19H24ClNO2/c1-4-14(2)21-12-16-7-10-18(19(11-16)22-3)23-13-15-5-8-17(20)9-6-15/h5-11,14,21H,4,12-13H2,1-3H3. The van der Waals surface area contributed by atoms with E-state index in [1.807, 2.05) is 36.4 Å². The summed E-state index contributed by atoms with van der Waals surface area (Å²) in [6, 6.07) is 14.2. The highest BCUT2D eigenvalue weighted by Crippen LogP contribution is 2.29. The van der Waals surface area contributed by atoms with Crippen molar-refractivity contribution in [3.8, 4) is 11.5 Å². The van der Waals surface area contributed by atoms with Gasteiger partial charge >= 0.3 is 0 Å². The van der Waals surface area contributed by atoms with Crippen molar-refractivity contribution in [2.75, 3.05) is 7.11 Å². The van der Waals surface area contributed by atoms with Crippen LogP contribution in [0.1, 0.15) is 31.4 Å². The first kappa shape index (κ1) is 17.6. The predicted octanol–water partition coefficient (Wildman–Crippen LogP) is 4.82. The van der Waals surface area contributed by atoms with E-state index < -0.39 is 0 Å². The quantitative estimate of drug-likeness (QED) is 0.751. The van der Waals surface area contributed by atoms with Crippen molar-refractivity contribution < 1.29 is 9.47 Å². The minimum Gasteiger partial charge on any atom is -0.493 e. The third kappa shape index (κ3) is 5.45. The average molecular weight is 334 g/mol. The lowest BCUT2D eigenvalue weighted by atomic mass is 10.1. The molecule has 0 aliphatic rings. The number of halogens is 1. The summed E-state index contributed by atoms with van der Waals surface area (Å²) in [4.78, 5) is 0. The van der Waals surface area contributed by atoms with Gasteiger partial charge in [0.2, 0.25) is 0 Å². The second kappa shape index (κ2) is 8.80.